The second kappa shape index (κ2) is 7.13. The number of benzene rings is 2. The van der Waals surface area contributed by atoms with Gasteiger partial charge in [0, 0.05) is 6.07 Å². The Morgan fingerprint density at radius 2 is 1.76 bits per heavy atom. The summed E-state index contributed by atoms with van der Waals surface area (Å²) in [5.41, 5.74) is 1.85. The summed E-state index contributed by atoms with van der Waals surface area (Å²) in [4.78, 5) is 12.8. The van der Waals surface area contributed by atoms with Gasteiger partial charge in [0.1, 0.15) is 28.4 Å². The summed E-state index contributed by atoms with van der Waals surface area (Å²) >= 11 is 0. The molecule has 0 aliphatic heterocycles. The number of rotatable bonds is 6. The van der Waals surface area contributed by atoms with Crippen LogP contribution in [0.2, 0.25) is 0 Å². The molecular weight excluding hydrogens is 320 g/mol. The molecule has 3 rings (SSSR count). The van der Waals surface area contributed by atoms with Gasteiger partial charge in [-0.2, -0.15) is 0 Å². The maximum atomic E-state index is 12.8. The van der Waals surface area contributed by atoms with Crippen LogP contribution in [0.15, 0.2) is 53.2 Å². The summed E-state index contributed by atoms with van der Waals surface area (Å²) in [5.74, 6) is 1.39. The van der Waals surface area contributed by atoms with Crippen LogP contribution in [0.3, 0.4) is 0 Å². The summed E-state index contributed by atoms with van der Waals surface area (Å²) in [7, 11) is 4.64. The fraction of sp³-hybridized carbons (Fsp3) is 0.150. The van der Waals surface area contributed by atoms with E-state index in [1.165, 1.54) is 20.3 Å². The van der Waals surface area contributed by atoms with Crippen LogP contribution in [0.25, 0.3) is 17.0 Å². The smallest absolute Gasteiger partial charge is 0.193 e. The van der Waals surface area contributed by atoms with Crippen LogP contribution in [-0.4, -0.2) is 27.1 Å². The highest BCUT2D eigenvalue weighted by Gasteiger charge is 2.21. The van der Waals surface area contributed by atoms with Gasteiger partial charge >= 0.3 is 0 Å². The molecule has 0 spiro atoms. The maximum absolute atomic E-state index is 12.8. The van der Waals surface area contributed by atoms with Crippen LogP contribution in [0.1, 0.15) is 15.9 Å². The van der Waals surface area contributed by atoms with Crippen molar-refractivity contribution in [2.75, 3.05) is 21.3 Å². The van der Waals surface area contributed by atoms with Gasteiger partial charge in [-0.05, 0) is 29.8 Å². The number of ether oxygens (including phenoxy) is 3. The Labute approximate surface area is 145 Å². The minimum atomic E-state index is -0.215. The van der Waals surface area contributed by atoms with Gasteiger partial charge in [-0.3, -0.25) is 4.79 Å². The largest absolute Gasteiger partial charge is 0.497 e. The van der Waals surface area contributed by atoms with Crippen LogP contribution in [0, 0.1) is 0 Å². The number of allylic oxidation sites excluding steroid dienone is 1. The second-order valence-corrected chi connectivity index (χ2v) is 5.29. The second-order valence-electron chi connectivity index (χ2n) is 5.29. The molecule has 2 aromatic carbocycles. The maximum Gasteiger partial charge on any atom is 0.193 e. The van der Waals surface area contributed by atoms with Gasteiger partial charge in [-0.15, -0.1) is 0 Å². The van der Waals surface area contributed by atoms with Crippen molar-refractivity contribution >= 4 is 22.8 Å². The lowest BCUT2D eigenvalue weighted by Gasteiger charge is -2.11. The number of carbonyl (C=O) groups excluding carboxylic acids is 1. The molecule has 0 bridgehead atoms. The summed E-state index contributed by atoms with van der Waals surface area (Å²) in [6.07, 6.45) is 4.78. The first-order valence-corrected chi connectivity index (χ1v) is 7.66. The molecule has 0 atom stereocenters. The van der Waals surface area contributed by atoms with E-state index in [1.54, 1.807) is 31.6 Å². The van der Waals surface area contributed by atoms with Gasteiger partial charge < -0.3 is 18.6 Å². The first kappa shape index (κ1) is 16.6. The van der Waals surface area contributed by atoms with E-state index in [1.807, 2.05) is 24.3 Å². The van der Waals surface area contributed by atoms with E-state index in [9.17, 15) is 4.79 Å². The molecule has 0 saturated heterocycles. The van der Waals surface area contributed by atoms with Gasteiger partial charge in [0.25, 0.3) is 0 Å². The van der Waals surface area contributed by atoms with Crippen molar-refractivity contribution in [3.05, 3.63) is 59.9 Å². The number of methoxy groups -OCH3 is 3. The number of fused-ring (bicyclic) bond motifs is 1. The lowest BCUT2D eigenvalue weighted by molar-refractivity contribution is 0.104. The highest BCUT2D eigenvalue weighted by Crippen LogP contribution is 2.38. The molecule has 1 aromatic heterocycles. The standard InChI is InChI=1S/C20H18O5/c1-22-14-7-4-13(5-8-14)6-9-16(21)19-18(23-2)12-17-15(10-11-25-17)20(19)24-3/h4-12H,1-3H3. The summed E-state index contributed by atoms with van der Waals surface area (Å²) in [5, 5.41) is 0.726. The van der Waals surface area contributed by atoms with Gasteiger partial charge in [0.05, 0.1) is 33.0 Å². The molecular formula is C20H18O5. The normalized spacial score (nSPS) is 11.0. The Bertz CT molecular complexity index is 919. The van der Waals surface area contributed by atoms with Crippen molar-refractivity contribution in [1.29, 1.82) is 0 Å². The molecule has 0 N–H and O–H groups in total. The zero-order valence-electron chi connectivity index (χ0n) is 14.2. The van der Waals surface area contributed by atoms with E-state index in [0.29, 0.717) is 22.6 Å². The predicted molar refractivity (Wildman–Crippen MR) is 95.7 cm³/mol. The number of ketones is 1. The Balaban J connectivity index is 1.99. The van der Waals surface area contributed by atoms with Crippen molar-refractivity contribution in [3.8, 4) is 17.2 Å². The number of carbonyl (C=O) groups is 1. The molecule has 0 aliphatic carbocycles. The molecule has 5 nitrogen and oxygen atoms in total. The number of hydrogen-bond acceptors (Lipinski definition) is 5. The van der Waals surface area contributed by atoms with Gasteiger partial charge in [0.2, 0.25) is 0 Å². The van der Waals surface area contributed by atoms with Crippen molar-refractivity contribution in [2.45, 2.75) is 0 Å². The topological polar surface area (TPSA) is 57.9 Å². The molecule has 0 radical (unpaired) electrons. The first-order chi connectivity index (χ1) is 12.2. The zero-order valence-corrected chi connectivity index (χ0v) is 14.2. The third-order valence-corrected chi connectivity index (χ3v) is 3.89. The van der Waals surface area contributed by atoms with Crippen LogP contribution >= 0.6 is 0 Å². The van der Waals surface area contributed by atoms with Crippen LogP contribution < -0.4 is 14.2 Å². The van der Waals surface area contributed by atoms with E-state index in [-0.39, 0.29) is 5.78 Å². The van der Waals surface area contributed by atoms with E-state index in [2.05, 4.69) is 0 Å². The minimum absolute atomic E-state index is 0.215. The van der Waals surface area contributed by atoms with E-state index in [0.717, 1.165) is 16.7 Å². The van der Waals surface area contributed by atoms with Crippen molar-refractivity contribution < 1.29 is 23.4 Å². The summed E-state index contributed by atoms with van der Waals surface area (Å²) < 4.78 is 21.3. The molecule has 1 heterocycles. The van der Waals surface area contributed by atoms with Crippen molar-refractivity contribution in [1.82, 2.24) is 0 Å². The quantitative estimate of drug-likeness (QED) is 0.494. The Hall–Kier alpha value is -3.21. The Morgan fingerprint density at radius 1 is 1.00 bits per heavy atom. The van der Waals surface area contributed by atoms with Crippen LogP contribution in [-0.2, 0) is 0 Å². The molecule has 0 unspecified atom stereocenters. The number of hydrogen-bond donors (Lipinski definition) is 0. The van der Waals surface area contributed by atoms with Crippen molar-refractivity contribution in [3.63, 3.8) is 0 Å². The molecule has 0 saturated carbocycles. The monoisotopic (exact) mass is 338 g/mol. The molecule has 0 aliphatic rings. The SMILES string of the molecule is COc1ccc(C=CC(=O)c2c(OC)cc3occc3c2OC)cc1. The first-order valence-electron chi connectivity index (χ1n) is 7.66. The van der Waals surface area contributed by atoms with Crippen molar-refractivity contribution in [2.24, 2.45) is 0 Å². The molecule has 5 heteroatoms. The lowest BCUT2D eigenvalue weighted by Crippen LogP contribution is -2.03. The summed E-state index contributed by atoms with van der Waals surface area (Å²) in [6.45, 7) is 0. The number of furan rings is 1. The minimum Gasteiger partial charge on any atom is -0.497 e. The Morgan fingerprint density at radius 3 is 2.40 bits per heavy atom. The molecule has 3 aromatic rings. The average Bonchev–Trinajstić information content (AvgIpc) is 3.13. The van der Waals surface area contributed by atoms with E-state index in [4.69, 9.17) is 18.6 Å². The average molecular weight is 338 g/mol. The summed E-state index contributed by atoms with van der Waals surface area (Å²) in [6, 6.07) is 10.9. The van der Waals surface area contributed by atoms with Gasteiger partial charge in [-0.25, -0.2) is 0 Å². The highest BCUT2D eigenvalue weighted by atomic mass is 16.5. The molecule has 0 fully saturated rings. The fourth-order valence-electron chi connectivity index (χ4n) is 2.63. The van der Waals surface area contributed by atoms with Crippen LogP contribution in [0.5, 0.6) is 17.2 Å². The molecule has 25 heavy (non-hydrogen) atoms. The highest BCUT2D eigenvalue weighted by molar-refractivity contribution is 6.13. The lowest BCUT2D eigenvalue weighted by atomic mass is 10.0. The fourth-order valence-corrected chi connectivity index (χ4v) is 2.63. The van der Waals surface area contributed by atoms with Gasteiger partial charge in [0.15, 0.2) is 5.78 Å². The van der Waals surface area contributed by atoms with E-state index >= 15 is 0 Å². The third-order valence-electron chi connectivity index (χ3n) is 3.89. The molecule has 128 valence electrons. The molecule has 0 amide bonds. The Kier molecular flexibility index (Phi) is 4.75. The van der Waals surface area contributed by atoms with Gasteiger partial charge in [-0.1, -0.05) is 18.2 Å². The predicted octanol–water partition coefficient (Wildman–Crippen LogP) is 4.35. The third kappa shape index (κ3) is 3.21. The zero-order chi connectivity index (χ0) is 17.8. The van der Waals surface area contributed by atoms with E-state index < -0.39 is 0 Å². The van der Waals surface area contributed by atoms with Crippen LogP contribution in [0.4, 0.5) is 0 Å².